The zero-order valence-electron chi connectivity index (χ0n) is 8.37. The Morgan fingerprint density at radius 1 is 1.29 bits per heavy atom. The second-order valence-electron chi connectivity index (χ2n) is 2.89. The first-order valence-electron chi connectivity index (χ1n) is 4.58. The largest absolute Gasteiger partial charge is 0.249 e. The highest BCUT2D eigenvalue weighted by Crippen LogP contribution is 2.25. The molecule has 0 spiro atoms. The van der Waals surface area contributed by atoms with Gasteiger partial charge in [0.1, 0.15) is 0 Å². The van der Waals surface area contributed by atoms with Gasteiger partial charge in [-0.05, 0) is 12.1 Å². The molecule has 1 aromatic carbocycles. The first kappa shape index (κ1) is 11.5. The summed E-state index contributed by atoms with van der Waals surface area (Å²) in [6.07, 6.45) is 0. The molecule has 1 rings (SSSR count). The number of halogens is 1. The third-order valence-electron chi connectivity index (χ3n) is 2.02. The second-order valence-corrected chi connectivity index (χ2v) is 6.18. The summed E-state index contributed by atoms with van der Waals surface area (Å²) in [5, 5.41) is 0.558. The summed E-state index contributed by atoms with van der Waals surface area (Å²) in [7, 11) is -2.10. The van der Waals surface area contributed by atoms with Crippen LogP contribution < -0.4 is 0 Å². The van der Waals surface area contributed by atoms with E-state index in [1.54, 1.807) is 12.1 Å². The van der Waals surface area contributed by atoms with Crippen molar-refractivity contribution in [1.82, 2.24) is 0 Å². The maximum atomic E-state index is 12.0. The molecule has 0 aliphatic carbocycles. The van der Waals surface area contributed by atoms with E-state index in [1.165, 1.54) is 0 Å². The SMILES string of the molecule is CCS(=O)(CC)=Nc1ccccc1Cl. The third-order valence-corrected chi connectivity index (χ3v) is 4.67. The van der Waals surface area contributed by atoms with Crippen molar-refractivity contribution in [2.75, 3.05) is 11.5 Å². The normalized spacial score (nSPS) is 11.4. The first-order chi connectivity index (χ1) is 6.61. The lowest BCUT2D eigenvalue weighted by Gasteiger charge is -2.04. The van der Waals surface area contributed by atoms with E-state index in [0.717, 1.165) is 0 Å². The van der Waals surface area contributed by atoms with Crippen molar-refractivity contribution in [3.8, 4) is 0 Å². The molecule has 0 saturated carbocycles. The van der Waals surface area contributed by atoms with Crippen molar-refractivity contribution < 1.29 is 4.21 Å². The molecule has 0 atom stereocenters. The van der Waals surface area contributed by atoms with Crippen LogP contribution in [0.4, 0.5) is 5.69 Å². The zero-order valence-corrected chi connectivity index (χ0v) is 9.94. The molecular weight excluding hydrogens is 218 g/mol. The molecular formula is C10H14ClNOS. The molecule has 0 amide bonds. The minimum absolute atomic E-state index is 0.558. The molecule has 0 fully saturated rings. The van der Waals surface area contributed by atoms with Crippen LogP contribution >= 0.6 is 11.6 Å². The molecule has 0 aliphatic heterocycles. The molecule has 78 valence electrons. The number of rotatable bonds is 3. The number of hydrogen-bond acceptors (Lipinski definition) is 2. The first-order valence-corrected chi connectivity index (χ1v) is 6.81. The van der Waals surface area contributed by atoms with E-state index in [9.17, 15) is 4.21 Å². The van der Waals surface area contributed by atoms with Crippen LogP contribution in [0.2, 0.25) is 5.02 Å². The van der Waals surface area contributed by atoms with E-state index in [1.807, 2.05) is 26.0 Å². The Balaban J connectivity index is 3.21. The van der Waals surface area contributed by atoms with Crippen LogP contribution in [0.1, 0.15) is 13.8 Å². The average molecular weight is 232 g/mol. The molecule has 0 heterocycles. The van der Waals surface area contributed by atoms with Crippen molar-refractivity contribution in [1.29, 1.82) is 0 Å². The molecule has 0 radical (unpaired) electrons. The van der Waals surface area contributed by atoms with Crippen molar-refractivity contribution in [2.24, 2.45) is 4.36 Å². The van der Waals surface area contributed by atoms with Gasteiger partial charge in [-0.25, -0.2) is 4.21 Å². The molecule has 2 nitrogen and oxygen atoms in total. The van der Waals surface area contributed by atoms with Crippen LogP contribution in [-0.4, -0.2) is 15.7 Å². The quantitative estimate of drug-likeness (QED) is 0.783. The van der Waals surface area contributed by atoms with Crippen molar-refractivity contribution >= 4 is 27.0 Å². The Hall–Kier alpha value is -0.540. The minimum atomic E-state index is -2.10. The molecule has 1 aromatic rings. The molecule has 0 aromatic heterocycles. The highest BCUT2D eigenvalue weighted by molar-refractivity contribution is 7.93. The molecule has 4 heteroatoms. The summed E-state index contributed by atoms with van der Waals surface area (Å²) in [6.45, 7) is 3.76. The molecule has 0 aliphatic rings. The molecule has 0 bridgehead atoms. The van der Waals surface area contributed by atoms with E-state index in [-0.39, 0.29) is 0 Å². The highest BCUT2D eigenvalue weighted by atomic mass is 35.5. The van der Waals surface area contributed by atoms with Crippen LogP contribution in [0, 0.1) is 0 Å². The van der Waals surface area contributed by atoms with E-state index in [0.29, 0.717) is 22.2 Å². The van der Waals surface area contributed by atoms with Crippen molar-refractivity contribution in [2.45, 2.75) is 13.8 Å². The van der Waals surface area contributed by atoms with Crippen LogP contribution in [0.5, 0.6) is 0 Å². The lowest BCUT2D eigenvalue weighted by Crippen LogP contribution is -2.04. The topological polar surface area (TPSA) is 29.4 Å². The van der Waals surface area contributed by atoms with Gasteiger partial charge in [0.15, 0.2) is 0 Å². The predicted octanol–water partition coefficient (Wildman–Crippen LogP) is 3.48. The van der Waals surface area contributed by atoms with E-state index in [4.69, 9.17) is 11.6 Å². The van der Waals surface area contributed by atoms with E-state index in [2.05, 4.69) is 4.36 Å². The fourth-order valence-corrected chi connectivity index (χ4v) is 2.45. The van der Waals surface area contributed by atoms with Gasteiger partial charge in [-0.3, -0.25) is 0 Å². The van der Waals surface area contributed by atoms with Gasteiger partial charge in [0.05, 0.1) is 20.4 Å². The maximum absolute atomic E-state index is 12.0. The lowest BCUT2D eigenvalue weighted by atomic mass is 10.3. The van der Waals surface area contributed by atoms with Gasteiger partial charge < -0.3 is 0 Å². The number of hydrogen-bond donors (Lipinski definition) is 0. The predicted molar refractivity (Wildman–Crippen MR) is 62.8 cm³/mol. The van der Waals surface area contributed by atoms with Gasteiger partial charge in [-0.15, -0.1) is 0 Å². The Labute approximate surface area is 90.5 Å². The van der Waals surface area contributed by atoms with Gasteiger partial charge in [-0.1, -0.05) is 37.6 Å². The monoisotopic (exact) mass is 231 g/mol. The average Bonchev–Trinajstić information content (AvgIpc) is 2.21. The van der Waals surface area contributed by atoms with Crippen LogP contribution in [-0.2, 0) is 9.73 Å². The fourth-order valence-electron chi connectivity index (χ4n) is 1.04. The summed E-state index contributed by atoms with van der Waals surface area (Å²) in [6, 6.07) is 7.22. The number of benzene rings is 1. The van der Waals surface area contributed by atoms with Crippen molar-refractivity contribution in [3.63, 3.8) is 0 Å². The summed E-state index contributed by atoms with van der Waals surface area (Å²) >= 11 is 5.92. The summed E-state index contributed by atoms with van der Waals surface area (Å²) in [4.78, 5) is 0. The van der Waals surface area contributed by atoms with Gasteiger partial charge >= 0.3 is 0 Å². The Bertz CT molecular complexity index is 412. The minimum Gasteiger partial charge on any atom is -0.249 e. The molecule has 14 heavy (non-hydrogen) atoms. The van der Waals surface area contributed by atoms with Crippen LogP contribution in [0.15, 0.2) is 28.6 Å². The summed E-state index contributed by atoms with van der Waals surface area (Å²) in [5.74, 6) is 1.13. The second kappa shape index (κ2) is 4.80. The van der Waals surface area contributed by atoms with Gasteiger partial charge in [0.25, 0.3) is 0 Å². The lowest BCUT2D eigenvalue weighted by molar-refractivity contribution is 0.678. The third kappa shape index (κ3) is 2.72. The van der Waals surface area contributed by atoms with Gasteiger partial charge in [0, 0.05) is 11.5 Å². The Morgan fingerprint density at radius 3 is 2.36 bits per heavy atom. The maximum Gasteiger partial charge on any atom is 0.0916 e. The summed E-state index contributed by atoms with van der Waals surface area (Å²) in [5.41, 5.74) is 0.628. The van der Waals surface area contributed by atoms with Crippen LogP contribution in [0.25, 0.3) is 0 Å². The summed E-state index contributed by atoms with van der Waals surface area (Å²) < 4.78 is 16.2. The van der Waals surface area contributed by atoms with Gasteiger partial charge in [0.2, 0.25) is 0 Å². The molecule has 0 unspecified atom stereocenters. The van der Waals surface area contributed by atoms with E-state index < -0.39 is 9.73 Å². The van der Waals surface area contributed by atoms with E-state index >= 15 is 0 Å². The van der Waals surface area contributed by atoms with Crippen LogP contribution in [0.3, 0.4) is 0 Å². The molecule has 0 saturated heterocycles. The van der Waals surface area contributed by atoms with Gasteiger partial charge in [-0.2, -0.15) is 4.36 Å². The smallest absolute Gasteiger partial charge is 0.0916 e. The Kier molecular flexibility index (Phi) is 3.96. The molecule has 0 N–H and O–H groups in total. The standard InChI is InChI=1S/C10H14ClNOS/c1-3-14(13,4-2)12-10-8-6-5-7-9(10)11/h5-8H,3-4H2,1-2H3. The zero-order chi connectivity index (χ0) is 10.6. The van der Waals surface area contributed by atoms with Crippen molar-refractivity contribution in [3.05, 3.63) is 29.3 Å². The fraction of sp³-hybridized carbons (Fsp3) is 0.400. The highest BCUT2D eigenvalue weighted by Gasteiger charge is 2.04. The number of nitrogens with zero attached hydrogens (tertiary/aromatic N) is 1. The Morgan fingerprint density at radius 2 is 1.86 bits per heavy atom.